The molecule has 0 saturated heterocycles. The molecule has 0 aliphatic carbocycles. The highest BCUT2D eigenvalue weighted by Crippen LogP contribution is 2.34. The lowest BCUT2D eigenvalue weighted by Crippen LogP contribution is -2.15. The van der Waals surface area contributed by atoms with Crippen LogP contribution in [0.2, 0.25) is 0 Å². The summed E-state index contributed by atoms with van der Waals surface area (Å²) in [5.74, 6) is 0. The summed E-state index contributed by atoms with van der Waals surface area (Å²) in [5.41, 5.74) is 1.16. The van der Waals surface area contributed by atoms with Gasteiger partial charge in [0.25, 0.3) is 0 Å². The number of ether oxygens (including phenoxy) is 1. The Hall–Kier alpha value is -1.16. The van der Waals surface area contributed by atoms with E-state index in [9.17, 15) is 9.67 Å². The quantitative estimate of drug-likeness (QED) is 0.328. The first-order valence-corrected chi connectivity index (χ1v) is 8.26. The minimum Gasteiger partial charge on any atom is -0.394 e. The van der Waals surface area contributed by atoms with Crippen LogP contribution in [0.3, 0.4) is 0 Å². The van der Waals surface area contributed by atoms with Crippen LogP contribution in [0, 0.1) is 4.64 Å². The predicted molar refractivity (Wildman–Crippen MR) is 76.3 cm³/mol. The van der Waals surface area contributed by atoms with Gasteiger partial charge in [-0.05, 0) is 6.42 Å². The maximum atomic E-state index is 10.7. The van der Waals surface area contributed by atoms with Gasteiger partial charge in [0.05, 0.1) is 25.3 Å². The fourth-order valence-electron chi connectivity index (χ4n) is 1.89. The second kappa shape index (κ2) is 6.73. The maximum Gasteiger partial charge on any atom is 0.350 e. The van der Waals surface area contributed by atoms with Gasteiger partial charge in [-0.15, -0.1) is 0 Å². The number of imidazole rings is 1. The lowest BCUT2D eigenvalue weighted by Gasteiger charge is -2.16. The van der Waals surface area contributed by atoms with Crippen molar-refractivity contribution < 1.29 is 24.2 Å². The van der Waals surface area contributed by atoms with Crippen molar-refractivity contribution in [1.82, 2.24) is 19.5 Å². The lowest BCUT2D eigenvalue weighted by atomic mass is 10.2. The zero-order chi connectivity index (χ0) is 15.5. The average molecular weight is 334 g/mol. The van der Waals surface area contributed by atoms with Crippen molar-refractivity contribution in [3.8, 4) is 0 Å². The summed E-state index contributed by atoms with van der Waals surface area (Å²) in [5, 5.41) is 9.49. The number of nitrogens with one attached hydrogen (secondary N) is 1. The molecule has 0 bridgehead atoms. The van der Waals surface area contributed by atoms with Gasteiger partial charge in [0.15, 0.2) is 10.3 Å². The molecule has 0 amide bonds. The molecule has 1 atom stereocenters. The van der Waals surface area contributed by atoms with E-state index in [-0.39, 0.29) is 19.3 Å². The normalized spacial score (nSPS) is 13.7. The van der Waals surface area contributed by atoms with Crippen LogP contribution >= 0.6 is 19.8 Å². The maximum absolute atomic E-state index is 10.7. The summed E-state index contributed by atoms with van der Waals surface area (Å²) in [7, 11) is -4.18. The minimum atomic E-state index is -4.18. The number of rotatable bonds is 7. The van der Waals surface area contributed by atoms with Crippen molar-refractivity contribution in [2.24, 2.45) is 0 Å². The summed E-state index contributed by atoms with van der Waals surface area (Å²) in [6.07, 6.45) is 2.69. The largest absolute Gasteiger partial charge is 0.394 e. The number of hydrogen-bond acceptors (Lipinski definition) is 6. The van der Waals surface area contributed by atoms with E-state index in [0.29, 0.717) is 22.2 Å². The van der Waals surface area contributed by atoms with Crippen molar-refractivity contribution in [2.45, 2.75) is 12.5 Å². The van der Waals surface area contributed by atoms with Crippen LogP contribution in [0.4, 0.5) is 0 Å². The van der Waals surface area contributed by atoms with Crippen molar-refractivity contribution in [1.29, 1.82) is 0 Å². The number of H-pyrrole nitrogens is 1. The number of aromatic amines is 1. The Balaban J connectivity index is 2.10. The van der Waals surface area contributed by atoms with E-state index in [4.69, 9.17) is 26.7 Å². The third kappa shape index (κ3) is 4.16. The lowest BCUT2D eigenvalue weighted by molar-refractivity contribution is 0.127. The number of hydrogen-bond donors (Lipinski definition) is 4. The molecule has 11 heteroatoms. The van der Waals surface area contributed by atoms with Crippen molar-refractivity contribution in [3.05, 3.63) is 17.3 Å². The van der Waals surface area contributed by atoms with Gasteiger partial charge in [0.1, 0.15) is 11.9 Å². The SMILES string of the molecule is O=P(O)(O)COCCC(CO)n1cnc2[nH]cnc(=S)c21. The molecule has 0 aliphatic rings. The molecule has 2 aromatic heterocycles. The fourth-order valence-corrected chi connectivity index (χ4v) is 2.51. The first kappa shape index (κ1) is 16.2. The van der Waals surface area contributed by atoms with Crippen molar-refractivity contribution >= 4 is 31.0 Å². The standard InChI is InChI=1S/C10H15N4O5PS/c15-3-7(1-2-19-6-20(16,17)18)14-5-13-9-8(14)10(21)12-4-11-9/h4-5,7,15H,1-3,6H2,(H,11,12,21)(H2,16,17,18). The van der Waals surface area contributed by atoms with Crippen LogP contribution in [0.25, 0.3) is 11.2 Å². The third-order valence-electron chi connectivity index (χ3n) is 2.84. The molecular weight excluding hydrogens is 319 g/mol. The van der Waals surface area contributed by atoms with Gasteiger partial charge in [-0.1, -0.05) is 12.2 Å². The second-order valence-corrected chi connectivity index (χ2v) is 6.36. The van der Waals surface area contributed by atoms with Gasteiger partial charge in [-0.3, -0.25) is 4.57 Å². The van der Waals surface area contributed by atoms with Gasteiger partial charge in [-0.25, -0.2) is 9.97 Å². The molecule has 21 heavy (non-hydrogen) atoms. The van der Waals surface area contributed by atoms with E-state index < -0.39 is 13.9 Å². The predicted octanol–water partition coefficient (Wildman–Crippen LogP) is 0.564. The first-order valence-electron chi connectivity index (χ1n) is 6.06. The van der Waals surface area contributed by atoms with E-state index in [1.165, 1.54) is 12.7 Å². The van der Waals surface area contributed by atoms with Gasteiger partial charge >= 0.3 is 7.60 Å². The van der Waals surface area contributed by atoms with Crippen LogP contribution in [0.15, 0.2) is 12.7 Å². The third-order valence-corrected chi connectivity index (χ3v) is 3.66. The van der Waals surface area contributed by atoms with Crippen LogP contribution in [0.1, 0.15) is 12.5 Å². The Morgan fingerprint density at radius 1 is 1.48 bits per heavy atom. The zero-order valence-electron chi connectivity index (χ0n) is 10.9. The highest BCUT2D eigenvalue weighted by atomic mass is 32.1. The average Bonchev–Trinajstić information content (AvgIpc) is 2.83. The molecule has 4 N–H and O–H groups in total. The van der Waals surface area contributed by atoms with Gasteiger partial charge < -0.3 is 29.2 Å². The minimum absolute atomic E-state index is 0.0900. The molecule has 0 fully saturated rings. The molecule has 116 valence electrons. The number of nitrogens with zero attached hydrogens (tertiary/aromatic N) is 3. The van der Waals surface area contributed by atoms with Crippen LogP contribution in [-0.4, -0.2) is 54.0 Å². The van der Waals surface area contributed by atoms with Crippen LogP contribution < -0.4 is 0 Å². The summed E-state index contributed by atoms with van der Waals surface area (Å²) in [6, 6.07) is -0.369. The van der Waals surface area contributed by atoms with Crippen LogP contribution in [0.5, 0.6) is 0 Å². The monoisotopic (exact) mass is 334 g/mol. The van der Waals surface area contributed by atoms with Gasteiger partial charge in [0, 0.05) is 6.61 Å². The number of aliphatic hydroxyl groups is 1. The van der Waals surface area contributed by atoms with E-state index in [0.717, 1.165) is 0 Å². The topological polar surface area (TPSA) is 133 Å². The molecule has 9 nitrogen and oxygen atoms in total. The number of aliphatic hydroxyl groups excluding tert-OH is 1. The zero-order valence-corrected chi connectivity index (χ0v) is 12.6. The molecular formula is C10H15N4O5PS. The summed E-state index contributed by atoms with van der Waals surface area (Å²) < 4.78 is 17.6. The second-order valence-electron chi connectivity index (χ2n) is 4.38. The Kier molecular flexibility index (Phi) is 5.20. The molecule has 0 radical (unpaired) electrons. The van der Waals surface area contributed by atoms with Crippen LogP contribution in [-0.2, 0) is 9.30 Å². The van der Waals surface area contributed by atoms with Gasteiger partial charge in [0.2, 0.25) is 0 Å². The van der Waals surface area contributed by atoms with Gasteiger partial charge in [-0.2, -0.15) is 0 Å². The Morgan fingerprint density at radius 2 is 2.24 bits per heavy atom. The van der Waals surface area contributed by atoms with E-state index >= 15 is 0 Å². The smallest absolute Gasteiger partial charge is 0.350 e. The highest BCUT2D eigenvalue weighted by Gasteiger charge is 2.17. The Morgan fingerprint density at radius 3 is 2.90 bits per heavy atom. The summed E-state index contributed by atoms with van der Waals surface area (Å²) in [4.78, 5) is 28.4. The molecule has 0 spiro atoms. The summed E-state index contributed by atoms with van der Waals surface area (Å²) in [6.45, 7) is -0.0961. The first-order chi connectivity index (χ1) is 9.92. The number of fused-ring (bicyclic) bond motifs is 1. The van der Waals surface area contributed by atoms with Crippen molar-refractivity contribution in [2.75, 3.05) is 19.6 Å². The van der Waals surface area contributed by atoms with Crippen molar-refractivity contribution in [3.63, 3.8) is 0 Å². The molecule has 0 saturated carbocycles. The molecule has 0 aromatic carbocycles. The van der Waals surface area contributed by atoms with E-state index in [2.05, 4.69) is 15.0 Å². The molecule has 2 rings (SSSR count). The molecule has 2 heterocycles. The summed E-state index contributed by atoms with van der Waals surface area (Å²) >= 11 is 5.14. The van der Waals surface area contributed by atoms with E-state index in [1.54, 1.807) is 4.57 Å². The van der Waals surface area contributed by atoms with E-state index in [1.807, 2.05) is 0 Å². The molecule has 1 unspecified atom stereocenters. The Bertz CT molecular complexity index is 711. The molecule has 0 aliphatic heterocycles. The number of aromatic nitrogens is 4. The Labute approximate surface area is 124 Å². The fraction of sp³-hybridized carbons (Fsp3) is 0.500. The highest BCUT2D eigenvalue weighted by molar-refractivity contribution is 7.71. The molecule has 2 aromatic rings.